The molecule has 0 spiro atoms. The van der Waals surface area contributed by atoms with Crippen LogP contribution >= 0.6 is 0 Å². The summed E-state index contributed by atoms with van der Waals surface area (Å²) in [7, 11) is 3.31. The van der Waals surface area contributed by atoms with Crippen molar-refractivity contribution in [1.29, 1.82) is 0 Å². The Bertz CT molecular complexity index is 1200. The fourth-order valence-electron chi connectivity index (χ4n) is 3.92. The number of nitrogens with one attached hydrogen (secondary N) is 1. The van der Waals surface area contributed by atoms with E-state index < -0.39 is 0 Å². The van der Waals surface area contributed by atoms with E-state index in [0.717, 1.165) is 59.9 Å². The van der Waals surface area contributed by atoms with Crippen molar-refractivity contribution in [2.75, 3.05) is 19.5 Å². The summed E-state index contributed by atoms with van der Waals surface area (Å²) in [6, 6.07) is 15.7. The molecule has 1 N–H and O–H groups in total. The molecule has 30 heavy (non-hydrogen) atoms. The molecule has 5 rings (SSSR count). The van der Waals surface area contributed by atoms with Gasteiger partial charge in [-0.15, -0.1) is 5.10 Å². The Morgan fingerprint density at radius 2 is 1.77 bits per heavy atom. The molecule has 2 heterocycles. The number of benzene rings is 2. The average Bonchev–Trinajstić information content (AvgIpc) is 3.23. The fourth-order valence-corrected chi connectivity index (χ4v) is 3.92. The van der Waals surface area contributed by atoms with Gasteiger partial charge in [0.2, 0.25) is 0 Å². The van der Waals surface area contributed by atoms with Gasteiger partial charge in [-0.1, -0.05) is 30.3 Å². The van der Waals surface area contributed by atoms with Crippen molar-refractivity contribution in [1.82, 2.24) is 19.6 Å². The molecule has 0 amide bonds. The lowest BCUT2D eigenvalue weighted by molar-refractivity contribution is 0.405. The largest absolute Gasteiger partial charge is 0.497 e. The zero-order chi connectivity index (χ0) is 20.5. The Morgan fingerprint density at radius 1 is 0.933 bits per heavy atom. The molecule has 2 aromatic carbocycles. The molecule has 0 atom stereocenters. The van der Waals surface area contributed by atoms with Crippen LogP contribution in [0.25, 0.3) is 17.2 Å². The van der Waals surface area contributed by atoms with E-state index in [1.165, 1.54) is 5.56 Å². The van der Waals surface area contributed by atoms with Crippen LogP contribution in [-0.2, 0) is 12.8 Å². The summed E-state index contributed by atoms with van der Waals surface area (Å²) in [5.41, 5.74) is 4.05. The van der Waals surface area contributed by atoms with Crippen molar-refractivity contribution in [3.8, 4) is 22.9 Å². The third-order valence-corrected chi connectivity index (χ3v) is 5.45. The molecule has 1 aliphatic rings. The molecule has 0 radical (unpaired) electrons. The molecule has 7 nitrogen and oxygen atoms in total. The lowest BCUT2D eigenvalue weighted by atomic mass is 9.96. The van der Waals surface area contributed by atoms with Gasteiger partial charge in [0.1, 0.15) is 17.3 Å². The molecule has 152 valence electrons. The van der Waals surface area contributed by atoms with Gasteiger partial charge in [0.05, 0.1) is 25.6 Å². The highest BCUT2D eigenvalue weighted by molar-refractivity contribution is 5.70. The van der Waals surface area contributed by atoms with Gasteiger partial charge in [0.15, 0.2) is 5.82 Å². The van der Waals surface area contributed by atoms with Crippen LogP contribution in [0.3, 0.4) is 0 Å². The smallest absolute Gasteiger partial charge is 0.254 e. The molecule has 0 fully saturated rings. The molecular weight excluding hydrogens is 378 g/mol. The molecule has 4 aromatic rings. The van der Waals surface area contributed by atoms with E-state index in [-0.39, 0.29) is 0 Å². The van der Waals surface area contributed by atoms with E-state index in [1.54, 1.807) is 14.2 Å². The van der Waals surface area contributed by atoms with Gasteiger partial charge < -0.3 is 14.8 Å². The quantitative estimate of drug-likeness (QED) is 0.533. The van der Waals surface area contributed by atoms with Crippen LogP contribution in [0.2, 0.25) is 0 Å². The van der Waals surface area contributed by atoms with E-state index in [0.29, 0.717) is 11.6 Å². The van der Waals surface area contributed by atoms with Crippen molar-refractivity contribution in [3.05, 3.63) is 59.8 Å². The summed E-state index contributed by atoms with van der Waals surface area (Å²) in [5.74, 6) is 3.62. The maximum atomic E-state index is 5.57. The van der Waals surface area contributed by atoms with Crippen LogP contribution in [0, 0.1) is 0 Å². The van der Waals surface area contributed by atoms with Gasteiger partial charge in [0, 0.05) is 17.2 Å². The minimum atomic E-state index is 0.596. The number of aromatic nitrogens is 4. The zero-order valence-corrected chi connectivity index (χ0v) is 17.1. The maximum Gasteiger partial charge on any atom is 0.254 e. The van der Waals surface area contributed by atoms with Crippen molar-refractivity contribution >= 4 is 17.3 Å². The van der Waals surface area contributed by atoms with Gasteiger partial charge >= 0.3 is 0 Å². The van der Waals surface area contributed by atoms with Crippen LogP contribution in [-0.4, -0.2) is 33.8 Å². The van der Waals surface area contributed by atoms with Gasteiger partial charge in [-0.25, -0.2) is 4.98 Å². The first-order valence-electron chi connectivity index (χ1n) is 10.1. The minimum Gasteiger partial charge on any atom is -0.497 e. The Balaban J connectivity index is 1.69. The van der Waals surface area contributed by atoms with Crippen molar-refractivity contribution in [2.45, 2.75) is 25.7 Å². The predicted molar refractivity (Wildman–Crippen MR) is 116 cm³/mol. The lowest BCUT2D eigenvalue weighted by Crippen LogP contribution is -2.14. The van der Waals surface area contributed by atoms with Gasteiger partial charge in [-0.2, -0.15) is 9.50 Å². The van der Waals surface area contributed by atoms with Crippen LogP contribution in [0.5, 0.6) is 11.5 Å². The third-order valence-electron chi connectivity index (χ3n) is 5.45. The van der Waals surface area contributed by atoms with Crippen LogP contribution < -0.4 is 14.8 Å². The number of hydrogen-bond donors (Lipinski definition) is 1. The lowest BCUT2D eigenvalue weighted by Gasteiger charge is -2.21. The SMILES string of the molecule is COc1ccc(OC)c(Nc2c3c(nc4nc(-c5ccccc5)nn24)CCCC3)c1. The standard InChI is InChI=1S/C23H23N5O2/c1-29-16-12-13-20(30-2)19(14-16)24-22-17-10-6-7-11-18(17)25-23-26-21(27-28(22)23)15-8-4-3-5-9-15/h3-5,8-9,12-14,24H,6-7,10-11H2,1-2H3. The van der Waals surface area contributed by atoms with Crippen molar-refractivity contribution in [2.24, 2.45) is 0 Å². The number of rotatable bonds is 5. The van der Waals surface area contributed by atoms with Gasteiger partial charge in [0.25, 0.3) is 5.78 Å². The Labute approximate surface area is 174 Å². The highest BCUT2D eigenvalue weighted by Gasteiger charge is 2.22. The number of fused-ring (bicyclic) bond motifs is 2. The molecule has 1 aliphatic carbocycles. The first-order chi connectivity index (χ1) is 14.8. The number of ether oxygens (including phenoxy) is 2. The normalized spacial score (nSPS) is 13.1. The second kappa shape index (κ2) is 7.67. The minimum absolute atomic E-state index is 0.596. The second-order valence-corrected chi connectivity index (χ2v) is 7.30. The third kappa shape index (κ3) is 3.22. The van der Waals surface area contributed by atoms with E-state index in [9.17, 15) is 0 Å². The fraction of sp³-hybridized carbons (Fsp3) is 0.261. The second-order valence-electron chi connectivity index (χ2n) is 7.30. The highest BCUT2D eigenvalue weighted by atomic mass is 16.5. The highest BCUT2D eigenvalue weighted by Crippen LogP contribution is 2.35. The Kier molecular flexibility index (Phi) is 4.71. The summed E-state index contributed by atoms with van der Waals surface area (Å²) in [6.07, 6.45) is 4.17. The first-order valence-corrected chi connectivity index (χ1v) is 10.1. The Hall–Kier alpha value is -3.61. The van der Waals surface area contributed by atoms with E-state index in [4.69, 9.17) is 24.5 Å². The topological polar surface area (TPSA) is 73.6 Å². The van der Waals surface area contributed by atoms with Crippen LogP contribution in [0.15, 0.2) is 48.5 Å². The van der Waals surface area contributed by atoms with E-state index >= 15 is 0 Å². The first kappa shape index (κ1) is 18.4. The summed E-state index contributed by atoms with van der Waals surface area (Å²) < 4.78 is 12.8. The Morgan fingerprint density at radius 3 is 2.57 bits per heavy atom. The number of aryl methyl sites for hydroxylation is 1. The molecule has 0 unspecified atom stereocenters. The monoisotopic (exact) mass is 401 g/mol. The molecule has 0 aliphatic heterocycles. The zero-order valence-electron chi connectivity index (χ0n) is 17.1. The van der Waals surface area contributed by atoms with Crippen molar-refractivity contribution < 1.29 is 9.47 Å². The molecule has 0 saturated heterocycles. The van der Waals surface area contributed by atoms with E-state index in [2.05, 4.69) is 5.32 Å². The predicted octanol–water partition coefficient (Wildman–Crippen LogP) is 4.43. The van der Waals surface area contributed by atoms with E-state index in [1.807, 2.05) is 53.0 Å². The molecule has 0 saturated carbocycles. The number of methoxy groups -OCH3 is 2. The number of nitrogens with zero attached hydrogens (tertiary/aromatic N) is 4. The number of anilines is 2. The molecule has 0 bridgehead atoms. The molecule has 2 aromatic heterocycles. The molecular formula is C23H23N5O2. The van der Waals surface area contributed by atoms with Gasteiger partial charge in [-0.3, -0.25) is 0 Å². The summed E-state index contributed by atoms with van der Waals surface area (Å²) in [6.45, 7) is 0. The summed E-state index contributed by atoms with van der Waals surface area (Å²) in [4.78, 5) is 9.55. The number of hydrogen-bond acceptors (Lipinski definition) is 6. The maximum absolute atomic E-state index is 5.57. The summed E-state index contributed by atoms with van der Waals surface area (Å²) >= 11 is 0. The van der Waals surface area contributed by atoms with Gasteiger partial charge in [-0.05, 0) is 37.8 Å². The summed E-state index contributed by atoms with van der Waals surface area (Å²) in [5, 5.41) is 8.34. The average molecular weight is 401 g/mol. The van der Waals surface area contributed by atoms with Crippen molar-refractivity contribution in [3.63, 3.8) is 0 Å². The van der Waals surface area contributed by atoms with Crippen LogP contribution in [0.1, 0.15) is 24.1 Å². The molecule has 7 heteroatoms. The van der Waals surface area contributed by atoms with Crippen LogP contribution in [0.4, 0.5) is 11.5 Å².